The fourth-order valence-corrected chi connectivity index (χ4v) is 2.24. The number of esters is 1. The molecule has 0 amide bonds. The molecule has 2 heterocycles. The van der Waals surface area contributed by atoms with Gasteiger partial charge in [-0.3, -0.25) is 4.68 Å². The van der Waals surface area contributed by atoms with Crippen LogP contribution in [0, 0.1) is 0 Å². The number of hydrogen-bond donors (Lipinski definition) is 2. The first-order valence-electron chi connectivity index (χ1n) is 5.53. The molecule has 102 valence electrons. The smallest absolute Gasteiger partial charge is 0.344 e. The molecule has 2 aromatic heterocycles. The minimum absolute atomic E-state index is 0.176. The summed E-state index contributed by atoms with van der Waals surface area (Å²) in [7, 11) is 3.12. The molecule has 0 unspecified atom stereocenters. The summed E-state index contributed by atoms with van der Waals surface area (Å²) in [6, 6.07) is 0. The van der Waals surface area contributed by atoms with Crippen LogP contribution in [0.3, 0.4) is 0 Å². The summed E-state index contributed by atoms with van der Waals surface area (Å²) in [5.41, 5.74) is 5.91. The number of nitrogens with one attached hydrogen (secondary N) is 1. The van der Waals surface area contributed by atoms with Gasteiger partial charge in [0.1, 0.15) is 16.9 Å². The molecular weight excluding hydrogens is 268 g/mol. The third-order valence-electron chi connectivity index (χ3n) is 2.39. The number of methoxy groups -OCH3 is 1. The maximum atomic E-state index is 11.5. The molecule has 0 aromatic carbocycles. The van der Waals surface area contributed by atoms with Gasteiger partial charge in [0.25, 0.3) is 0 Å². The number of carbonyl (C=O) groups excluding carboxylic acids is 1. The van der Waals surface area contributed by atoms with E-state index < -0.39 is 5.97 Å². The van der Waals surface area contributed by atoms with Gasteiger partial charge in [-0.15, -0.1) is 0 Å². The van der Waals surface area contributed by atoms with Crippen LogP contribution in [0.25, 0.3) is 0 Å². The van der Waals surface area contributed by atoms with Crippen molar-refractivity contribution in [3.05, 3.63) is 17.7 Å². The third-order valence-corrected chi connectivity index (χ3v) is 3.21. The molecule has 0 fully saturated rings. The van der Waals surface area contributed by atoms with E-state index >= 15 is 0 Å². The van der Waals surface area contributed by atoms with Gasteiger partial charge in [-0.05, 0) is 11.5 Å². The van der Waals surface area contributed by atoms with E-state index in [4.69, 9.17) is 5.73 Å². The summed E-state index contributed by atoms with van der Waals surface area (Å²) in [5.74, 6) is 0.409. The highest BCUT2D eigenvalue weighted by molar-refractivity contribution is 7.11. The lowest BCUT2D eigenvalue weighted by Crippen LogP contribution is -2.10. The van der Waals surface area contributed by atoms with Crippen LogP contribution in [0.15, 0.2) is 6.33 Å². The number of nitrogen functional groups attached to an aromatic ring is 1. The third kappa shape index (κ3) is 2.99. The normalized spacial score (nSPS) is 10.4. The molecule has 0 atom stereocenters. The van der Waals surface area contributed by atoms with E-state index in [2.05, 4.69) is 24.5 Å². The molecule has 0 aliphatic rings. The second kappa shape index (κ2) is 5.65. The minimum Gasteiger partial charge on any atom is -0.465 e. The van der Waals surface area contributed by atoms with Crippen molar-refractivity contribution < 1.29 is 9.53 Å². The van der Waals surface area contributed by atoms with Crippen LogP contribution >= 0.6 is 11.5 Å². The second-order valence-corrected chi connectivity index (χ2v) is 4.55. The van der Waals surface area contributed by atoms with Crippen LogP contribution in [-0.4, -0.2) is 38.8 Å². The number of ether oxygens (including phenoxy) is 1. The molecule has 0 aliphatic heterocycles. The average Bonchev–Trinajstić information content (AvgIpc) is 2.96. The topological polar surface area (TPSA) is 108 Å². The van der Waals surface area contributed by atoms with Gasteiger partial charge in [0.15, 0.2) is 11.6 Å². The number of rotatable bonds is 5. The average molecular weight is 282 g/mol. The molecule has 0 spiro atoms. The van der Waals surface area contributed by atoms with Crippen LogP contribution in [0.2, 0.25) is 0 Å². The summed E-state index contributed by atoms with van der Waals surface area (Å²) in [6.45, 7) is 0.579. The number of aryl methyl sites for hydroxylation is 1. The van der Waals surface area contributed by atoms with Crippen LogP contribution in [0.5, 0.6) is 0 Å². The lowest BCUT2D eigenvalue weighted by Gasteiger charge is -2.04. The maximum absolute atomic E-state index is 11.5. The summed E-state index contributed by atoms with van der Waals surface area (Å²) in [6.07, 6.45) is 2.28. The van der Waals surface area contributed by atoms with Gasteiger partial charge in [-0.1, -0.05) is 0 Å². The first-order chi connectivity index (χ1) is 9.11. The largest absolute Gasteiger partial charge is 0.465 e. The number of nitrogens with two attached hydrogens (primary N) is 1. The molecule has 0 saturated carbocycles. The number of anilines is 2. The zero-order valence-electron chi connectivity index (χ0n) is 10.6. The summed E-state index contributed by atoms with van der Waals surface area (Å²) >= 11 is 1.13. The zero-order valence-corrected chi connectivity index (χ0v) is 11.4. The molecule has 0 aliphatic carbocycles. The van der Waals surface area contributed by atoms with Crippen molar-refractivity contribution in [2.24, 2.45) is 7.05 Å². The summed E-state index contributed by atoms with van der Waals surface area (Å²) < 4.78 is 10.2. The lowest BCUT2D eigenvalue weighted by molar-refractivity contribution is 0.0603. The molecule has 19 heavy (non-hydrogen) atoms. The van der Waals surface area contributed by atoms with Crippen molar-refractivity contribution in [3.63, 3.8) is 0 Å². The zero-order chi connectivity index (χ0) is 13.8. The van der Waals surface area contributed by atoms with Crippen molar-refractivity contribution in [1.29, 1.82) is 0 Å². The Balaban J connectivity index is 1.98. The molecule has 8 nitrogen and oxygen atoms in total. The SMILES string of the molecule is COC(=O)c1c(N)nsc1NCCc1ncn(C)n1. The van der Waals surface area contributed by atoms with E-state index in [1.165, 1.54) is 7.11 Å². The Kier molecular flexibility index (Phi) is 3.95. The lowest BCUT2D eigenvalue weighted by atomic mass is 10.3. The first-order valence-corrected chi connectivity index (χ1v) is 6.31. The fourth-order valence-electron chi connectivity index (χ4n) is 1.51. The summed E-state index contributed by atoms with van der Waals surface area (Å²) in [5, 5.41) is 7.85. The van der Waals surface area contributed by atoms with Crippen molar-refractivity contribution >= 4 is 28.3 Å². The van der Waals surface area contributed by atoms with E-state index in [1.807, 2.05) is 7.05 Å². The molecule has 0 bridgehead atoms. The second-order valence-electron chi connectivity index (χ2n) is 3.77. The van der Waals surface area contributed by atoms with E-state index in [1.54, 1.807) is 11.0 Å². The fraction of sp³-hybridized carbons (Fsp3) is 0.400. The van der Waals surface area contributed by atoms with Crippen molar-refractivity contribution in [2.45, 2.75) is 6.42 Å². The first kappa shape index (κ1) is 13.3. The Hall–Kier alpha value is -2.16. The number of aromatic nitrogens is 4. The number of nitrogens with zero attached hydrogens (tertiary/aromatic N) is 4. The Morgan fingerprint density at radius 2 is 2.42 bits per heavy atom. The highest BCUT2D eigenvalue weighted by atomic mass is 32.1. The molecular formula is C10H14N6O2S. The Morgan fingerprint density at radius 3 is 3.05 bits per heavy atom. The van der Waals surface area contributed by atoms with Crippen LogP contribution in [0.1, 0.15) is 16.2 Å². The monoisotopic (exact) mass is 282 g/mol. The molecule has 2 rings (SSSR count). The van der Waals surface area contributed by atoms with E-state index in [0.29, 0.717) is 18.0 Å². The Bertz CT molecular complexity index is 578. The van der Waals surface area contributed by atoms with Gasteiger partial charge in [-0.2, -0.15) is 9.47 Å². The standard InChI is InChI=1S/C10H14N6O2S/c1-16-5-13-6(14-16)3-4-12-9-7(10(17)18-2)8(11)15-19-9/h5,12H,3-4H2,1-2H3,(H2,11,15). The van der Waals surface area contributed by atoms with Gasteiger partial charge in [0, 0.05) is 20.0 Å². The predicted molar refractivity (Wildman–Crippen MR) is 71.1 cm³/mol. The maximum Gasteiger partial charge on any atom is 0.344 e. The van der Waals surface area contributed by atoms with Gasteiger partial charge < -0.3 is 15.8 Å². The number of carbonyl (C=O) groups is 1. The van der Waals surface area contributed by atoms with Crippen LogP contribution in [0.4, 0.5) is 10.8 Å². The minimum atomic E-state index is -0.496. The van der Waals surface area contributed by atoms with Crippen LogP contribution in [-0.2, 0) is 18.2 Å². The van der Waals surface area contributed by atoms with E-state index in [-0.39, 0.29) is 11.4 Å². The van der Waals surface area contributed by atoms with Gasteiger partial charge in [-0.25, -0.2) is 9.78 Å². The highest BCUT2D eigenvalue weighted by Gasteiger charge is 2.19. The van der Waals surface area contributed by atoms with E-state index in [0.717, 1.165) is 17.4 Å². The predicted octanol–water partition coefficient (Wildman–Crippen LogP) is 0.295. The van der Waals surface area contributed by atoms with Crippen molar-refractivity contribution in [1.82, 2.24) is 19.1 Å². The van der Waals surface area contributed by atoms with Crippen LogP contribution < -0.4 is 11.1 Å². The van der Waals surface area contributed by atoms with Gasteiger partial charge in [0.2, 0.25) is 0 Å². The molecule has 2 aromatic rings. The molecule has 3 N–H and O–H groups in total. The number of hydrogen-bond acceptors (Lipinski definition) is 8. The molecule has 0 radical (unpaired) electrons. The highest BCUT2D eigenvalue weighted by Crippen LogP contribution is 2.27. The quantitative estimate of drug-likeness (QED) is 0.759. The molecule has 0 saturated heterocycles. The van der Waals surface area contributed by atoms with E-state index in [9.17, 15) is 4.79 Å². The summed E-state index contributed by atoms with van der Waals surface area (Å²) in [4.78, 5) is 15.7. The van der Waals surface area contributed by atoms with Gasteiger partial charge >= 0.3 is 5.97 Å². The van der Waals surface area contributed by atoms with Crippen molar-refractivity contribution in [3.8, 4) is 0 Å². The molecule has 9 heteroatoms. The van der Waals surface area contributed by atoms with Gasteiger partial charge in [0.05, 0.1) is 7.11 Å². The Labute approximate surface area is 113 Å². The van der Waals surface area contributed by atoms with Crippen molar-refractivity contribution in [2.75, 3.05) is 24.7 Å². The Morgan fingerprint density at radius 1 is 1.63 bits per heavy atom.